The van der Waals surface area contributed by atoms with E-state index in [4.69, 9.17) is 0 Å². The molecule has 2 aromatic rings. The molecule has 0 radical (unpaired) electrons. The molecule has 1 aliphatic carbocycles. The first-order chi connectivity index (χ1) is 10.2. The molecule has 0 aromatic heterocycles. The van der Waals surface area contributed by atoms with Crippen LogP contribution >= 0.6 is 15.9 Å². The minimum atomic E-state index is -0.206. The highest BCUT2D eigenvalue weighted by Gasteiger charge is 2.28. The molecule has 0 bridgehead atoms. The Balaban J connectivity index is 1.78. The van der Waals surface area contributed by atoms with Crippen LogP contribution in [-0.2, 0) is 6.42 Å². The lowest BCUT2D eigenvalue weighted by Crippen LogP contribution is -2.27. The van der Waals surface area contributed by atoms with E-state index in [1.807, 2.05) is 12.1 Å². The average Bonchev–Trinajstić information content (AvgIpc) is 2.46. The minimum absolute atomic E-state index is 0.206. The van der Waals surface area contributed by atoms with Crippen molar-refractivity contribution in [1.82, 2.24) is 5.32 Å². The zero-order valence-electron chi connectivity index (χ0n) is 12.1. The molecule has 2 atom stereocenters. The van der Waals surface area contributed by atoms with Crippen LogP contribution in [0.5, 0.6) is 0 Å². The summed E-state index contributed by atoms with van der Waals surface area (Å²) in [6.07, 6.45) is 2.21. The van der Waals surface area contributed by atoms with E-state index in [0.29, 0.717) is 10.4 Å². The van der Waals surface area contributed by atoms with Crippen molar-refractivity contribution in [2.24, 2.45) is 0 Å². The molecular formula is C18H19BrFN. The summed E-state index contributed by atoms with van der Waals surface area (Å²) in [5, 5.41) is 3.53. The van der Waals surface area contributed by atoms with Crippen LogP contribution < -0.4 is 5.32 Å². The Hall–Kier alpha value is -1.19. The SMILES string of the molecule is CCNC(CC1Cc2ccccc21)c1ccc(F)c(Br)c1. The Morgan fingerprint density at radius 3 is 2.81 bits per heavy atom. The maximum Gasteiger partial charge on any atom is 0.137 e. The summed E-state index contributed by atoms with van der Waals surface area (Å²) in [7, 11) is 0. The zero-order valence-corrected chi connectivity index (χ0v) is 13.7. The van der Waals surface area contributed by atoms with Crippen molar-refractivity contribution < 1.29 is 4.39 Å². The summed E-state index contributed by atoms with van der Waals surface area (Å²) in [5.41, 5.74) is 4.09. The Morgan fingerprint density at radius 1 is 1.29 bits per heavy atom. The van der Waals surface area contributed by atoms with Gasteiger partial charge in [0.05, 0.1) is 4.47 Å². The number of nitrogens with one attached hydrogen (secondary N) is 1. The molecule has 0 amide bonds. The summed E-state index contributed by atoms with van der Waals surface area (Å²) in [6, 6.07) is 14.2. The molecule has 2 unspecified atom stereocenters. The molecule has 2 aromatic carbocycles. The van der Waals surface area contributed by atoms with Crippen molar-refractivity contribution >= 4 is 15.9 Å². The van der Waals surface area contributed by atoms with Crippen LogP contribution in [0.25, 0.3) is 0 Å². The van der Waals surface area contributed by atoms with E-state index in [-0.39, 0.29) is 11.9 Å². The highest BCUT2D eigenvalue weighted by atomic mass is 79.9. The number of halogens is 2. The highest BCUT2D eigenvalue weighted by molar-refractivity contribution is 9.10. The molecule has 0 heterocycles. The van der Waals surface area contributed by atoms with Gasteiger partial charge < -0.3 is 5.32 Å². The standard InChI is InChI=1S/C18H19BrFN/c1-2-21-18(13-7-8-17(20)16(19)10-13)11-14-9-12-5-3-4-6-15(12)14/h3-8,10,14,18,21H,2,9,11H2,1H3. The van der Waals surface area contributed by atoms with Crippen LogP contribution in [0.1, 0.15) is 42.0 Å². The van der Waals surface area contributed by atoms with Gasteiger partial charge in [0, 0.05) is 6.04 Å². The predicted molar refractivity (Wildman–Crippen MR) is 88.0 cm³/mol. The van der Waals surface area contributed by atoms with Crippen molar-refractivity contribution in [2.75, 3.05) is 6.54 Å². The van der Waals surface area contributed by atoms with Crippen molar-refractivity contribution in [1.29, 1.82) is 0 Å². The van der Waals surface area contributed by atoms with Crippen LogP contribution in [-0.4, -0.2) is 6.54 Å². The van der Waals surface area contributed by atoms with Crippen LogP contribution in [0.4, 0.5) is 4.39 Å². The first-order valence-corrected chi connectivity index (χ1v) is 8.24. The maximum atomic E-state index is 13.4. The topological polar surface area (TPSA) is 12.0 Å². The lowest BCUT2D eigenvalue weighted by Gasteiger charge is -2.33. The second-order valence-corrected chi connectivity index (χ2v) is 6.47. The summed E-state index contributed by atoms with van der Waals surface area (Å²) in [6.45, 7) is 3.02. The van der Waals surface area contributed by atoms with Crippen LogP contribution in [0.15, 0.2) is 46.9 Å². The predicted octanol–water partition coefficient (Wildman–Crippen LogP) is 4.97. The fourth-order valence-electron chi connectivity index (χ4n) is 3.17. The molecule has 3 heteroatoms. The monoisotopic (exact) mass is 347 g/mol. The van der Waals surface area contributed by atoms with E-state index in [9.17, 15) is 4.39 Å². The van der Waals surface area contributed by atoms with Gasteiger partial charge in [0.25, 0.3) is 0 Å². The highest BCUT2D eigenvalue weighted by Crippen LogP contribution is 2.41. The molecule has 0 saturated carbocycles. The van der Waals surface area contributed by atoms with Gasteiger partial charge in [0.15, 0.2) is 0 Å². The largest absolute Gasteiger partial charge is 0.310 e. The summed E-state index contributed by atoms with van der Waals surface area (Å²) < 4.78 is 14.0. The smallest absolute Gasteiger partial charge is 0.137 e. The van der Waals surface area contributed by atoms with Crippen molar-refractivity contribution in [3.8, 4) is 0 Å². The van der Waals surface area contributed by atoms with Gasteiger partial charge in [-0.2, -0.15) is 0 Å². The van der Waals surface area contributed by atoms with Gasteiger partial charge in [0.1, 0.15) is 5.82 Å². The molecule has 110 valence electrons. The third kappa shape index (κ3) is 3.04. The molecule has 21 heavy (non-hydrogen) atoms. The molecular weight excluding hydrogens is 329 g/mol. The van der Waals surface area contributed by atoms with Gasteiger partial charge in [0.2, 0.25) is 0 Å². The Morgan fingerprint density at radius 2 is 2.10 bits per heavy atom. The fourth-order valence-corrected chi connectivity index (χ4v) is 3.57. The van der Waals surface area contributed by atoms with Gasteiger partial charge in [-0.3, -0.25) is 0 Å². The molecule has 1 N–H and O–H groups in total. The van der Waals surface area contributed by atoms with E-state index >= 15 is 0 Å². The summed E-state index contributed by atoms with van der Waals surface area (Å²) in [4.78, 5) is 0. The van der Waals surface area contributed by atoms with E-state index in [1.54, 1.807) is 6.07 Å². The van der Waals surface area contributed by atoms with E-state index in [0.717, 1.165) is 24.9 Å². The minimum Gasteiger partial charge on any atom is -0.310 e. The first-order valence-electron chi connectivity index (χ1n) is 7.45. The van der Waals surface area contributed by atoms with Gasteiger partial charge in [-0.25, -0.2) is 4.39 Å². The Bertz CT molecular complexity index is 641. The first kappa shape index (κ1) is 14.7. The molecule has 3 rings (SSSR count). The van der Waals surface area contributed by atoms with Crippen LogP contribution in [0.3, 0.4) is 0 Å². The second kappa shape index (κ2) is 6.29. The summed E-state index contributed by atoms with van der Waals surface area (Å²) >= 11 is 3.29. The van der Waals surface area contributed by atoms with Gasteiger partial charge in [-0.15, -0.1) is 0 Å². The molecule has 0 fully saturated rings. The average molecular weight is 348 g/mol. The lowest BCUT2D eigenvalue weighted by atomic mass is 9.74. The number of hydrogen-bond acceptors (Lipinski definition) is 1. The Kier molecular flexibility index (Phi) is 4.41. The zero-order chi connectivity index (χ0) is 14.8. The fraction of sp³-hybridized carbons (Fsp3) is 0.333. The van der Waals surface area contributed by atoms with E-state index < -0.39 is 0 Å². The normalized spacial score (nSPS) is 18.0. The lowest BCUT2D eigenvalue weighted by molar-refractivity contribution is 0.435. The van der Waals surface area contributed by atoms with Crippen LogP contribution in [0, 0.1) is 5.82 Å². The van der Waals surface area contributed by atoms with Gasteiger partial charge in [-0.05, 0) is 70.1 Å². The Labute approximate surface area is 133 Å². The van der Waals surface area contributed by atoms with E-state index in [1.165, 1.54) is 11.1 Å². The number of benzene rings is 2. The number of fused-ring (bicyclic) bond motifs is 1. The number of hydrogen-bond donors (Lipinski definition) is 1. The molecule has 1 nitrogen and oxygen atoms in total. The van der Waals surface area contributed by atoms with E-state index in [2.05, 4.69) is 52.4 Å². The molecule has 1 aliphatic rings. The number of rotatable bonds is 5. The maximum absolute atomic E-state index is 13.4. The van der Waals surface area contributed by atoms with Crippen LogP contribution in [0.2, 0.25) is 0 Å². The molecule has 0 aliphatic heterocycles. The molecule has 0 saturated heterocycles. The quantitative estimate of drug-likeness (QED) is 0.805. The second-order valence-electron chi connectivity index (χ2n) is 5.62. The van der Waals surface area contributed by atoms with Crippen molar-refractivity contribution in [3.05, 3.63) is 69.4 Å². The third-order valence-corrected chi connectivity index (χ3v) is 4.89. The van der Waals surface area contributed by atoms with Crippen molar-refractivity contribution in [3.63, 3.8) is 0 Å². The van der Waals surface area contributed by atoms with Gasteiger partial charge in [-0.1, -0.05) is 37.3 Å². The molecule has 0 spiro atoms. The van der Waals surface area contributed by atoms with Crippen molar-refractivity contribution in [2.45, 2.75) is 31.7 Å². The summed E-state index contributed by atoms with van der Waals surface area (Å²) in [5.74, 6) is 0.400. The van der Waals surface area contributed by atoms with Gasteiger partial charge >= 0.3 is 0 Å². The third-order valence-electron chi connectivity index (χ3n) is 4.28.